The molecular weight excluding hydrogens is 400 g/mol. The number of aromatic nitrogens is 3. The molecule has 0 amide bonds. The summed E-state index contributed by atoms with van der Waals surface area (Å²) in [7, 11) is -3.22. The fourth-order valence-electron chi connectivity index (χ4n) is 4.01. The van der Waals surface area contributed by atoms with Crippen LogP contribution in [0, 0.1) is 5.92 Å². The molecule has 1 aromatic carbocycles. The van der Waals surface area contributed by atoms with Crippen LogP contribution in [0.5, 0.6) is 11.6 Å². The Balaban J connectivity index is 1.46. The summed E-state index contributed by atoms with van der Waals surface area (Å²) in [5.41, 5.74) is 1.01. The molecule has 4 rings (SSSR count). The van der Waals surface area contributed by atoms with Crippen molar-refractivity contribution in [2.45, 2.75) is 37.6 Å². The van der Waals surface area contributed by atoms with E-state index in [1.54, 1.807) is 12.1 Å². The molecule has 8 heteroatoms. The molecule has 0 N–H and O–H groups in total. The van der Waals surface area contributed by atoms with E-state index in [4.69, 9.17) is 4.74 Å². The van der Waals surface area contributed by atoms with Gasteiger partial charge in [0.25, 0.3) is 0 Å². The van der Waals surface area contributed by atoms with Crippen LogP contribution >= 0.6 is 0 Å². The smallest absolute Gasteiger partial charge is 0.219 e. The Morgan fingerprint density at radius 3 is 2.47 bits per heavy atom. The minimum Gasteiger partial charge on any atom is -0.439 e. The third-order valence-electron chi connectivity index (χ3n) is 5.46. The molecule has 0 saturated carbocycles. The average Bonchev–Trinajstić information content (AvgIpc) is 3.11. The van der Waals surface area contributed by atoms with Crippen LogP contribution in [0.15, 0.2) is 47.6 Å². The molecule has 7 nitrogen and oxygen atoms in total. The van der Waals surface area contributed by atoms with Gasteiger partial charge in [-0.1, -0.05) is 13.8 Å². The molecule has 1 saturated heterocycles. The summed E-state index contributed by atoms with van der Waals surface area (Å²) in [6.45, 7) is 7.88. The van der Waals surface area contributed by atoms with E-state index >= 15 is 0 Å². The summed E-state index contributed by atoms with van der Waals surface area (Å²) >= 11 is 0. The van der Waals surface area contributed by atoms with Crippen LogP contribution in [-0.4, -0.2) is 54.0 Å². The van der Waals surface area contributed by atoms with Crippen molar-refractivity contribution in [2.24, 2.45) is 5.92 Å². The second-order valence-electron chi connectivity index (χ2n) is 8.44. The predicted molar refractivity (Wildman–Crippen MR) is 117 cm³/mol. The van der Waals surface area contributed by atoms with Crippen molar-refractivity contribution in [1.29, 1.82) is 0 Å². The first kappa shape index (κ1) is 20.8. The molecular formula is C22H28N4O3S. The molecule has 0 spiro atoms. The number of likely N-dealkylation sites (tertiary alicyclic amines) is 1. The van der Waals surface area contributed by atoms with Gasteiger partial charge in [-0.2, -0.15) is 5.10 Å². The number of sulfone groups is 1. The van der Waals surface area contributed by atoms with Crippen molar-refractivity contribution in [1.82, 2.24) is 19.7 Å². The number of ether oxygens (including phenoxy) is 1. The van der Waals surface area contributed by atoms with Crippen molar-refractivity contribution >= 4 is 20.7 Å². The van der Waals surface area contributed by atoms with Gasteiger partial charge in [0.05, 0.1) is 28.8 Å². The molecule has 0 unspecified atom stereocenters. The lowest BCUT2D eigenvalue weighted by molar-refractivity contribution is 0.166. The lowest BCUT2D eigenvalue weighted by atomic mass is 10.0. The minimum atomic E-state index is -3.22. The van der Waals surface area contributed by atoms with Gasteiger partial charge in [0, 0.05) is 37.3 Å². The van der Waals surface area contributed by atoms with E-state index in [0.717, 1.165) is 43.4 Å². The summed E-state index contributed by atoms with van der Waals surface area (Å²) in [6, 6.07) is 8.60. The Morgan fingerprint density at radius 1 is 1.13 bits per heavy atom. The van der Waals surface area contributed by atoms with Crippen LogP contribution in [0.1, 0.15) is 32.7 Å². The quantitative estimate of drug-likeness (QED) is 0.592. The number of fused-ring (bicyclic) bond motifs is 1. The normalized spacial score (nSPS) is 16.4. The molecule has 3 heterocycles. The summed E-state index contributed by atoms with van der Waals surface area (Å²) < 4.78 is 31.1. The third kappa shape index (κ3) is 4.65. The summed E-state index contributed by atoms with van der Waals surface area (Å²) in [5.74, 6) is 1.69. The maximum Gasteiger partial charge on any atom is 0.219 e. The van der Waals surface area contributed by atoms with Gasteiger partial charge in [-0.15, -0.1) is 0 Å². The molecule has 1 aliphatic heterocycles. The van der Waals surface area contributed by atoms with E-state index in [1.807, 2.05) is 18.5 Å². The van der Waals surface area contributed by atoms with E-state index in [2.05, 4.69) is 33.5 Å². The van der Waals surface area contributed by atoms with Crippen molar-refractivity contribution in [3.63, 3.8) is 0 Å². The molecule has 1 fully saturated rings. The first-order valence-corrected chi connectivity index (χ1v) is 12.2. The number of benzene rings is 1. The topological polar surface area (TPSA) is 77.3 Å². The van der Waals surface area contributed by atoms with Crippen LogP contribution < -0.4 is 4.74 Å². The Kier molecular flexibility index (Phi) is 5.79. The molecule has 30 heavy (non-hydrogen) atoms. The highest BCUT2D eigenvalue weighted by atomic mass is 32.2. The SMILES string of the molecule is CC(C)CN1CCC(n2ncc3cc(Oc4ccc(S(C)(=O)=O)cc4)ncc32)CC1. The molecule has 0 aliphatic carbocycles. The van der Waals surface area contributed by atoms with E-state index in [0.29, 0.717) is 23.6 Å². The van der Waals surface area contributed by atoms with Crippen LogP contribution in [0.2, 0.25) is 0 Å². The van der Waals surface area contributed by atoms with Crippen molar-refractivity contribution in [3.05, 3.63) is 42.7 Å². The monoisotopic (exact) mass is 428 g/mol. The van der Waals surface area contributed by atoms with E-state index < -0.39 is 9.84 Å². The molecule has 3 aromatic rings. The van der Waals surface area contributed by atoms with Gasteiger partial charge in [-0.3, -0.25) is 4.68 Å². The second-order valence-corrected chi connectivity index (χ2v) is 10.5. The zero-order chi connectivity index (χ0) is 21.3. The number of rotatable bonds is 6. The fraction of sp³-hybridized carbons (Fsp3) is 0.455. The minimum absolute atomic E-state index is 0.263. The molecule has 160 valence electrons. The van der Waals surface area contributed by atoms with Crippen LogP contribution in [0.25, 0.3) is 10.9 Å². The van der Waals surface area contributed by atoms with Gasteiger partial charge in [0.1, 0.15) is 5.75 Å². The number of hydrogen-bond donors (Lipinski definition) is 0. The third-order valence-corrected chi connectivity index (χ3v) is 6.59. The average molecular weight is 429 g/mol. The van der Waals surface area contributed by atoms with Crippen LogP contribution in [0.4, 0.5) is 0 Å². The van der Waals surface area contributed by atoms with E-state index in [9.17, 15) is 8.42 Å². The first-order chi connectivity index (χ1) is 14.3. The largest absolute Gasteiger partial charge is 0.439 e. The standard InChI is InChI=1S/C22H28N4O3S/c1-16(2)15-25-10-8-18(9-11-25)26-21-14-23-22(12-17(21)13-24-26)29-19-4-6-20(7-5-19)30(3,27)28/h4-7,12-14,16,18H,8-11,15H2,1-3H3. The number of piperidine rings is 1. The highest BCUT2D eigenvalue weighted by molar-refractivity contribution is 7.90. The molecule has 2 aromatic heterocycles. The zero-order valence-electron chi connectivity index (χ0n) is 17.7. The first-order valence-electron chi connectivity index (χ1n) is 10.3. The summed E-state index contributed by atoms with van der Waals surface area (Å²) in [5, 5.41) is 5.61. The highest BCUT2D eigenvalue weighted by Crippen LogP contribution is 2.29. The van der Waals surface area contributed by atoms with Gasteiger partial charge in [0.15, 0.2) is 9.84 Å². The molecule has 0 radical (unpaired) electrons. The van der Waals surface area contributed by atoms with Crippen LogP contribution in [0.3, 0.4) is 0 Å². The molecule has 0 bridgehead atoms. The summed E-state index contributed by atoms with van der Waals surface area (Å²) in [4.78, 5) is 7.24. The maximum atomic E-state index is 11.6. The van der Waals surface area contributed by atoms with Gasteiger partial charge < -0.3 is 9.64 Å². The van der Waals surface area contributed by atoms with Gasteiger partial charge in [-0.25, -0.2) is 13.4 Å². The van der Waals surface area contributed by atoms with Gasteiger partial charge in [0.2, 0.25) is 5.88 Å². The Morgan fingerprint density at radius 2 is 1.83 bits per heavy atom. The number of pyridine rings is 1. The lowest BCUT2D eigenvalue weighted by Gasteiger charge is -2.33. The zero-order valence-corrected chi connectivity index (χ0v) is 18.5. The fourth-order valence-corrected chi connectivity index (χ4v) is 4.64. The Hall–Kier alpha value is -2.45. The highest BCUT2D eigenvalue weighted by Gasteiger charge is 2.23. The number of nitrogens with zero attached hydrogens (tertiary/aromatic N) is 4. The molecule has 0 atom stereocenters. The number of hydrogen-bond acceptors (Lipinski definition) is 6. The van der Waals surface area contributed by atoms with Gasteiger partial charge >= 0.3 is 0 Å². The van der Waals surface area contributed by atoms with E-state index in [-0.39, 0.29) is 4.90 Å². The van der Waals surface area contributed by atoms with Crippen molar-refractivity contribution < 1.29 is 13.2 Å². The lowest BCUT2D eigenvalue weighted by Crippen LogP contribution is -2.37. The second kappa shape index (κ2) is 8.35. The van der Waals surface area contributed by atoms with Crippen LogP contribution in [-0.2, 0) is 9.84 Å². The predicted octanol–water partition coefficient (Wildman–Crippen LogP) is 3.92. The van der Waals surface area contributed by atoms with Crippen molar-refractivity contribution in [2.75, 3.05) is 25.9 Å². The summed E-state index contributed by atoms with van der Waals surface area (Å²) in [6.07, 6.45) is 7.03. The van der Waals surface area contributed by atoms with E-state index in [1.165, 1.54) is 18.4 Å². The van der Waals surface area contributed by atoms with Gasteiger partial charge in [-0.05, 0) is 43.0 Å². The van der Waals surface area contributed by atoms with Crippen molar-refractivity contribution in [3.8, 4) is 11.6 Å². The maximum absolute atomic E-state index is 11.6. The molecule has 1 aliphatic rings. The Labute approximate surface area is 177 Å². The Bertz CT molecular complexity index is 1110.